The van der Waals surface area contributed by atoms with E-state index in [0.29, 0.717) is 28.4 Å². The first kappa shape index (κ1) is 17.6. The Morgan fingerprint density at radius 3 is 2.62 bits per heavy atom. The molecule has 0 unspecified atom stereocenters. The van der Waals surface area contributed by atoms with Crippen LogP contribution >= 0.6 is 11.6 Å². The molecule has 0 amide bonds. The molecule has 2 rings (SSSR count). The number of hydrogen-bond donors (Lipinski definition) is 0. The van der Waals surface area contributed by atoms with Crippen molar-refractivity contribution in [3.8, 4) is 0 Å². The van der Waals surface area contributed by atoms with Crippen LogP contribution in [0.4, 0.5) is 11.4 Å². The number of carbonyl (C=O) groups is 1. The summed E-state index contributed by atoms with van der Waals surface area (Å²) in [5, 5.41) is 11.2. The lowest BCUT2D eigenvalue weighted by atomic mass is 10.2. The molecule has 2 aromatic rings. The van der Waals surface area contributed by atoms with Crippen LogP contribution in [0.1, 0.15) is 29.3 Å². The van der Waals surface area contributed by atoms with Gasteiger partial charge in [0, 0.05) is 28.9 Å². The minimum atomic E-state index is -0.496. The zero-order valence-electron chi connectivity index (χ0n) is 12.9. The van der Waals surface area contributed by atoms with E-state index < -0.39 is 4.92 Å². The quantitative estimate of drug-likeness (QED) is 0.332. The highest BCUT2D eigenvalue weighted by molar-refractivity contribution is 6.33. The molecular weight excluding hydrogens is 332 g/mol. The van der Waals surface area contributed by atoms with Crippen LogP contribution in [-0.2, 0) is 4.74 Å². The van der Waals surface area contributed by atoms with Crippen molar-refractivity contribution in [2.75, 3.05) is 6.61 Å². The molecule has 0 heterocycles. The number of nitro benzene ring substituents is 1. The molecule has 24 heavy (non-hydrogen) atoms. The topological polar surface area (TPSA) is 81.8 Å². The van der Waals surface area contributed by atoms with Crippen LogP contribution in [0.2, 0.25) is 5.02 Å². The maximum absolute atomic E-state index is 11.7. The highest BCUT2D eigenvalue weighted by atomic mass is 35.5. The fourth-order valence-corrected chi connectivity index (χ4v) is 2.02. The summed E-state index contributed by atoms with van der Waals surface area (Å²) in [6, 6.07) is 10.7. The van der Waals surface area contributed by atoms with Crippen molar-refractivity contribution >= 4 is 35.2 Å². The second kappa shape index (κ2) is 8.21. The number of hydrogen-bond acceptors (Lipinski definition) is 5. The van der Waals surface area contributed by atoms with E-state index in [4.69, 9.17) is 16.3 Å². The number of non-ortho nitro benzene ring substituents is 1. The van der Waals surface area contributed by atoms with Gasteiger partial charge in [0.25, 0.3) is 5.69 Å². The number of halogens is 1. The Morgan fingerprint density at radius 2 is 2.00 bits per heavy atom. The maximum Gasteiger partial charge on any atom is 0.338 e. The fourth-order valence-electron chi connectivity index (χ4n) is 1.85. The van der Waals surface area contributed by atoms with E-state index >= 15 is 0 Å². The molecule has 0 saturated carbocycles. The molecule has 0 fully saturated rings. The molecule has 0 aliphatic heterocycles. The first-order valence-electron chi connectivity index (χ1n) is 7.26. The van der Waals surface area contributed by atoms with Gasteiger partial charge in [-0.25, -0.2) is 4.79 Å². The van der Waals surface area contributed by atoms with Gasteiger partial charge in [0.1, 0.15) is 0 Å². The van der Waals surface area contributed by atoms with Gasteiger partial charge in [0.15, 0.2) is 0 Å². The molecular formula is C17H15ClN2O4. The minimum Gasteiger partial charge on any atom is -0.462 e. The largest absolute Gasteiger partial charge is 0.462 e. The predicted molar refractivity (Wildman–Crippen MR) is 92.4 cm³/mol. The molecule has 0 radical (unpaired) electrons. The van der Waals surface area contributed by atoms with Crippen molar-refractivity contribution in [2.24, 2.45) is 4.99 Å². The molecule has 0 spiro atoms. The van der Waals surface area contributed by atoms with Crippen LogP contribution in [0.15, 0.2) is 47.5 Å². The third-order valence-electron chi connectivity index (χ3n) is 3.08. The summed E-state index contributed by atoms with van der Waals surface area (Å²) in [6.07, 6.45) is 2.21. The molecule has 0 saturated heterocycles. The summed E-state index contributed by atoms with van der Waals surface area (Å²) in [7, 11) is 0. The maximum atomic E-state index is 11.7. The summed E-state index contributed by atoms with van der Waals surface area (Å²) in [5.74, 6) is -0.380. The number of carbonyl (C=O) groups excluding carboxylic acids is 1. The van der Waals surface area contributed by atoms with Gasteiger partial charge < -0.3 is 4.74 Å². The molecule has 0 bridgehead atoms. The van der Waals surface area contributed by atoms with E-state index in [2.05, 4.69) is 4.99 Å². The van der Waals surface area contributed by atoms with Gasteiger partial charge >= 0.3 is 5.97 Å². The number of esters is 1. The lowest BCUT2D eigenvalue weighted by Crippen LogP contribution is -2.05. The SMILES string of the molecule is CCCOC(=O)c1ccc(N=Cc2cc([N+](=O)[O-])ccc2Cl)cc1. The molecule has 0 N–H and O–H groups in total. The van der Waals surface area contributed by atoms with E-state index in [1.165, 1.54) is 24.4 Å². The van der Waals surface area contributed by atoms with Gasteiger partial charge in [-0.3, -0.25) is 15.1 Å². The van der Waals surface area contributed by atoms with Gasteiger partial charge in [0.05, 0.1) is 22.8 Å². The molecule has 0 atom stereocenters. The Bertz CT molecular complexity index is 773. The summed E-state index contributed by atoms with van der Waals surface area (Å²) in [6.45, 7) is 2.30. The summed E-state index contributed by atoms with van der Waals surface area (Å²) in [5.41, 5.74) is 1.41. The van der Waals surface area contributed by atoms with E-state index in [1.807, 2.05) is 6.92 Å². The summed E-state index contributed by atoms with van der Waals surface area (Å²) < 4.78 is 5.04. The van der Waals surface area contributed by atoms with Gasteiger partial charge in [-0.1, -0.05) is 18.5 Å². The van der Waals surface area contributed by atoms with Gasteiger partial charge in [-0.05, 0) is 36.8 Å². The zero-order valence-corrected chi connectivity index (χ0v) is 13.7. The number of aliphatic imine (C=N–C) groups is 1. The van der Waals surface area contributed by atoms with Crippen molar-refractivity contribution in [1.82, 2.24) is 0 Å². The van der Waals surface area contributed by atoms with Crippen molar-refractivity contribution in [3.63, 3.8) is 0 Å². The second-order valence-electron chi connectivity index (χ2n) is 4.90. The standard InChI is InChI=1S/C17H15ClN2O4/c1-2-9-24-17(21)12-3-5-14(6-4-12)19-11-13-10-15(20(22)23)7-8-16(13)18/h3-8,10-11H,2,9H2,1H3. The highest BCUT2D eigenvalue weighted by Gasteiger charge is 2.09. The monoisotopic (exact) mass is 346 g/mol. The smallest absolute Gasteiger partial charge is 0.338 e. The van der Waals surface area contributed by atoms with Gasteiger partial charge in [-0.15, -0.1) is 0 Å². The van der Waals surface area contributed by atoms with E-state index in [0.717, 1.165) is 6.42 Å². The molecule has 0 aliphatic rings. The van der Waals surface area contributed by atoms with Crippen LogP contribution in [0.5, 0.6) is 0 Å². The van der Waals surface area contributed by atoms with Crippen LogP contribution in [0.25, 0.3) is 0 Å². The molecule has 2 aromatic carbocycles. The lowest BCUT2D eigenvalue weighted by Gasteiger charge is -2.03. The number of ether oxygens (including phenoxy) is 1. The third kappa shape index (κ3) is 4.63. The van der Waals surface area contributed by atoms with E-state index in [-0.39, 0.29) is 11.7 Å². The fraction of sp³-hybridized carbons (Fsp3) is 0.176. The Labute approximate surface area is 143 Å². The number of nitro groups is 1. The van der Waals surface area contributed by atoms with Crippen molar-refractivity contribution in [3.05, 3.63) is 68.7 Å². The summed E-state index contributed by atoms with van der Waals surface area (Å²) in [4.78, 5) is 26.2. The average Bonchev–Trinajstić information content (AvgIpc) is 2.59. The Kier molecular flexibility index (Phi) is 6.03. The Balaban J connectivity index is 2.14. The number of nitrogens with zero attached hydrogens (tertiary/aromatic N) is 2. The molecule has 0 aliphatic carbocycles. The zero-order chi connectivity index (χ0) is 17.5. The molecule has 124 valence electrons. The number of benzene rings is 2. The second-order valence-corrected chi connectivity index (χ2v) is 5.31. The first-order valence-corrected chi connectivity index (χ1v) is 7.64. The normalized spacial score (nSPS) is 10.8. The van der Waals surface area contributed by atoms with E-state index in [1.54, 1.807) is 24.3 Å². The van der Waals surface area contributed by atoms with Crippen molar-refractivity contribution in [2.45, 2.75) is 13.3 Å². The van der Waals surface area contributed by atoms with Crippen molar-refractivity contribution in [1.29, 1.82) is 0 Å². The van der Waals surface area contributed by atoms with E-state index in [9.17, 15) is 14.9 Å². The average molecular weight is 347 g/mol. The van der Waals surface area contributed by atoms with Gasteiger partial charge in [0.2, 0.25) is 0 Å². The summed E-state index contributed by atoms with van der Waals surface area (Å²) >= 11 is 6.01. The number of rotatable bonds is 6. The minimum absolute atomic E-state index is 0.0603. The predicted octanol–water partition coefficient (Wildman–Crippen LogP) is 4.57. The van der Waals surface area contributed by atoms with Crippen LogP contribution < -0.4 is 0 Å². The third-order valence-corrected chi connectivity index (χ3v) is 3.43. The Hall–Kier alpha value is -2.73. The highest BCUT2D eigenvalue weighted by Crippen LogP contribution is 2.22. The molecule has 6 nitrogen and oxygen atoms in total. The van der Waals surface area contributed by atoms with Crippen LogP contribution in [0.3, 0.4) is 0 Å². The Morgan fingerprint density at radius 1 is 1.29 bits per heavy atom. The van der Waals surface area contributed by atoms with Gasteiger partial charge in [-0.2, -0.15) is 0 Å². The van der Waals surface area contributed by atoms with Crippen LogP contribution in [-0.4, -0.2) is 23.7 Å². The van der Waals surface area contributed by atoms with Crippen molar-refractivity contribution < 1.29 is 14.5 Å². The first-order chi connectivity index (χ1) is 11.5. The van der Waals surface area contributed by atoms with Crippen LogP contribution in [0, 0.1) is 10.1 Å². The lowest BCUT2D eigenvalue weighted by molar-refractivity contribution is -0.384. The molecule has 7 heteroatoms. The molecule has 0 aromatic heterocycles.